The predicted molar refractivity (Wildman–Crippen MR) is 60.7 cm³/mol. The minimum absolute atomic E-state index is 0.111. The van der Waals surface area contributed by atoms with Crippen LogP contribution < -0.4 is 10.6 Å². The summed E-state index contributed by atoms with van der Waals surface area (Å²) in [6, 6.07) is 1.90. The molecule has 0 spiro atoms. The molecule has 1 aliphatic heterocycles. The molecular formula is C10H10N4O4. The summed E-state index contributed by atoms with van der Waals surface area (Å²) in [6.45, 7) is 0. The van der Waals surface area contributed by atoms with Gasteiger partial charge in [-0.25, -0.2) is 4.98 Å². The summed E-state index contributed by atoms with van der Waals surface area (Å²) in [4.78, 5) is 36.3. The molecule has 2 rings (SSSR count). The molecule has 0 aromatic carbocycles. The molecule has 1 aromatic rings. The Hall–Kier alpha value is -2.51. The number of hydrogen-bond donors (Lipinski definition) is 2. The quantitative estimate of drug-likeness (QED) is 0.450. The lowest BCUT2D eigenvalue weighted by atomic mass is 10.1. The van der Waals surface area contributed by atoms with E-state index in [0.29, 0.717) is 6.42 Å². The first-order valence-corrected chi connectivity index (χ1v) is 5.27. The second-order valence-corrected chi connectivity index (χ2v) is 3.80. The van der Waals surface area contributed by atoms with Gasteiger partial charge in [-0.2, -0.15) is 0 Å². The van der Waals surface area contributed by atoms with Crippen LogP contribution in [0.2, 0.25) is 0 Å². The third-order valence-corrected chi connectivity index (χ3v) is 2.52. The molecule has 8 nitrogen and oxygen atoms in total. The number of nitrogens with one attached hydrogen (secondary N) is 2. The van der Waals surface area contributed by atoms with Crippen LogP contribution in [0.5, 0.6) is 0 Å². The standard InChI is InChI=1S/C10H10N4O4/c15-9-2-1-7(10(16)13-9)12-8-5-6(14(17)18)3-4-11-8/h3-5,7H,1-2H2,(H,11,12)(H,13,15,16). The third-order valence-electron chi connectivity index (χ3n) is 2.52. The van der Waals surface area contributed by atoms with Gasteiger partial charge in [-0.3, -0.25) is 25.0 Å². The van der Waals surface area contributed by atoms with Crippen molar-refractivity contribution in [3.8, 4) is 0 Å². The van der Waals surface area contributed by atoms with Crippen LogP contribution in [0, 0.1) is 10.1 Å². The Kier molecular flexibility index (Phi) is 3.18. The van der Waals surface area contributed by atoms with Crippen molar-refractivity contribution in [1.82, 2.24) is 10.3 Å². The Balaban J connectivity index is 2.09. The average molecular weight is 250 g/mol. The van der Waals surface area contributed by atoms with E-state index in [4.69, 9.17) is 0 Å². The van der Waals surface area contributed by atoms with E-state index >= 15 is 0 Å². The summed E-state index contributed by atoms with van der Waals surface area (Å²) < 4.78 is 0. The minimum atomic E-state index is -0.600. The molecule has 1 aromatic heterocycles. The molecule has 8 heteroatoms. The highest BCUT2D eigenvalue weighted by Crippen LogP contribution is 2.17. The zero-order valence-corrected chi connectivity index (χ0v) is 9.25. The molecule has 1 saturated heterocycles. The highest BCUT2D eigenvalue weighted by molar-refractivity contribution is 6.01. The largest absolute Gasteiger partial charge is 0.358 e. The topological polar surface area (TPSA) is 114 Å². The predicted octanol–water partition coefficient (Wildman–Crippen LogP) is 0.207. The Bertz CT molecular complexity index is 516. The Morgan fingerprint density at radius 3 is 2.94 bits per heavy atom. The first kappa shape index (κ1) is 12.0. The van der Waals surface area contributed by atoms with Gasteiger partial charge in [-0.15, -0.1) is 0 Å². The summed E-state index contributed by atoms with van der Waals surface area (Å²) in [5.74, 6) is -0.525. The smallest absolute Gasteiger partial charge is 0.274 e. The Morgan fingerprint density at radius 2 is 2.28 bits per heavy atom. The SMILES string of the molecule is O=C1CCC(Nc2cc([N+](=O)[O-])ccn2)C(=O)N1. The fourth-order valence-electron chi connectivity index (χ4n) is 1.62. The van der Waals surface area contributed by atoms with Crippen molar-refractivity contribution in [1.29, 1.82) is 0 Å². The van der Waals surface area contributed by atoms with Gasteiger partial charge in [0.25, 0.3) is 5.69 Å². The minimum Gasteiger partial charge on any atom is -0.358 e. The zero-order valence-electron chi connectivity index (χ0n) is 9.25. The molecule has 0 bridgehead atoms. The fraction of sp³-hybridized carbons (Fsp3) is 0.300. The Morgan fingerprint density at radius 1 is 1.50 bits per heavy atom. The summed E-state index contributed by atoms with van der Waals surface area (Å²) in [7, 11) is 0. The van der Waals surface area contributed by atoms with Crippen LogP contribution in [-0.2, 0) is 9.59 Å². The van der Waals surface area contributed by atoms with Gasteiger partial charge in [-0.1, -0.05) is 0 Å². The maximum absolute atomic E-state index is 11.5. The molecule has 1 atom stereocenters. The number of imide groups is 1. The number of hydrogen-bond acceptors (Lipinski definition) is 6. The summed E-state index contributed by atoms with van der Waals surface area (Å²) >= 11 is 0. The highest BCUT2D eigenvalue weighted by atomic mass is 16.6. The summed E-state index contributed by atoms with van der Waals surface area (Å²) in [5, 5.41) is 15.5. The second-order valence-electron chi connectivity index (χ2n) is 3.80. The Labute approximate surface area is 102 Å². The van der Waals surface area contributed by atoms with Crippen LogP contribution in [0.15, 0.2) is 18.3 Å². The molecule has 18 heavy (non-hydrogen) atoms. The van der Waals surface area contributed by atoms with Crippen LogP contribution in [0.3, 0.4) is 0 Å². The third kappa shape index (κ3) is 2.59. The van der Waals surface area contributed by atoms with Gasteiger partial charge < -0.3 is 5.32 Å². The van der Waals surface area contributed by atoms with E-state index < -0.39 is 16.9 Å². The molecule has 0 saturated carbocycles. The normalized spacial score (nSPS) is 19.2. The van der Waals surface area contributed by atoms with Crippen molar-refractivity contribution < 1.29 is 14.5 Å². The van der Waals surface area contributed by atoms with E-state index in [2.05, 4.69) is 15.6 Å². The first-order chi connectivity index (χ1) is 8.56. The number of anilines is 1. The first-order valence-electron chi connectivity index (χ1n) is 5.27. The maximum atomic E-state index is 11.5. The molecular weight excluding hydrogens is 240 g/mol. The average Bonchev–Trinajstić information content (AvgIpc) is 2.33. The number of rotatable bonds is 3. The van der Waals surface area contributed by atoms with Crippen LogP contribution in [-0.4, -0.2) is 27.8 Å². The molecule has 2 amide bonds. The molecule has 1 unspecified atom stereocenters. The number of carbonyl (C=O) groups excluding carboxylic acids is 2. The van der Waals surface area contributed by atoms with Gasteiger partial charge in [0.05, 0.1) is 11.0 Å². The van der Waals surface area contributed by atoms with Gasteiger partial charge in [0.15, 0.2) is 0 Å². The lowest BCUT2D eigenvalue weighted by Crippen LogP contribution is -2.47. The summed E-state index contributed by atoms with van der Waals surface area (Å²) in [6.07, 6.45) is 1.86. The van der Waals surface area contributed by atoms with Crippen molar-refractivity contribution in [3.05, 3.63) is 28.4 Å². The number of carbonyl (C=O) groups is 2. The van der Waals surface area contributed by atoms with Crippen molar-refractivity contribution in [2.24, 2.45) is 0 Å². The molecule has 94 valence electrons. The van der Waals surface area contributed by atoms with Crippen molar-refractivity contribution >= 4 is 23.3 Å². The van der Waals surface area contributed by atoms with Gasteiger partial charge in [0.1, 0.15) is 11.9 Å². The molecule has 1 aliphatic rings. The fourth-order valence-corrected chi connectivity index (χ4v) is 1.62. The van der Waals surface area contributed by atoms with Crippen LogP contribution >= 0.6 is 0 Å². The lowest BCUT2D eigenvalue weighted by Gasteiger charge is -2.21. The van der Waals surface area contributed by atoms with E-state index in [1.165, 1.54) is 18.3 Å². The lowest BCUT2D eigenvalue weighted by molar-refractivity contribution is -0.384. The van der Waals surface area contributed by atoms with Gasteiger partial charge in [-0.05, 0) is 6.42 Å². The van der Waals surface area contributed by atoms with Gasteiger partial charge in [0.2, 0.25) is 11.8 Å². The number of nitrogens with zero attached hydrogens (tertiary/aromatic N) is 2. The molecule has 2 N–H and O–H groups in total. The highest BCUT2D eigenvalue weighted by Gasteiger charge is 2.26. The number of aromatic nitrogens is 1. The number of piperidine rings is 1. The van der Waals surface area contributed by atoms with Gasteiger partial charge >= 0.3 is 0 Å². The van der Waals surface area contributed by atoms with E-state index in [1.807, 2.05) is 0 Å². The zero-order chi connectivity index (χ0) is 13.1. The molecule has 0 aliphatic carbocycles. The number of pyridine rings is 1. The summed E-state index contributed by atoms with van der Waals surface area (Å²) in [5.41, 5.74) is -0.111. The number of amides is 2. The second kappa shape index (κ2) is 4.78. The van der Waals surface area contributed by atoms with E-state index in [1.54, 1.807) is 0 Å². The number of nitro groups is 1. The van der Waals surface area contributed by atoms with E-state index in [0.717, 1.165) is 0 Å². The van der Waals surface area contributed by atoms with Crippen LogP contribution in [0.4, 0.5) is 11.5 Å². The molecule has 2 heterocycles. The van der Waals surface area contributed by atoms with Crippen LogP contribution in [0.1, 0.15) is 12.8 Å². The van der Waals surface area contributed by atoms with Crippen molar-refractivity contribution in [3.63, 3.8) is 0 Å². The van der Waals surface area contributed by atoms with E-state index in [-0.39, 0.29) is 23.8 Å². The van der Waals surface area contributed by atoms with Gasteiger partial charge in [0, 0.05) is 18.7 Å². The molecule has 1 fully saturated rings. The monoisotopic (exact) mass is 250 g/mol. The van der Waals surface area contributed by atoms with E-state index in [9.17, 15) is 19.7 Å². The van der Waals surface area contributed by atoms with Crippen molar-refractivity contribution in [2.75, 3.05) is 5.32 Å². The molecule has 0 radical (unpaired) electrons. The van der Waals surface area contributed by atoms with Crippen LogP contribution in [0.25, 0.3) is 0 Å². The maximum Gasteiger partial charge on any atom is 0.274 e. The van der Waals surface area contributed by atoms with Crippen molar-refractivity contribution in [2.45, 2.75) is 18.9 Å².